The fraction of sp³-hybridized carbons (Fsp3) is 0.250. The highest BCUT2D eigenvalue weighted by atomic mass is 19.1. The Morgan fingerprint density at radius 3 is 2.63 bits per heavy atom. The Labute approximate surface area is 170 Å². The number of hydrogen-bond acceptors (Lipinski definition) is 7. The van der Waals surface area contributed by atoms with E-state index in [1.165, 1.54) is 30.3 Å². The van der Waals surface area contributed by atoms with E-state index in [9.17, 15) is 18.8 Å². The van der Waals surface area contributed by atoms with E-state index < -0.39 is 30.3 Å². The SMILES string of the molecule is CCCNC(=O)NC(=O)COC(=O)c1cc(-c2ccc(F)cc2)nc2onc(C)c12. The van der Waals surface area contributed by atoms with E-state index in [1.807, 2.05) is 6.92 Å². The van der Waals surface area contributed by atoms with Crippen LogP contribution >= 0.6 is 0 Å². The largest absolute Gasteiger partial charge is 0.452 e. The number of imide groups is 1. The third-order valence-electron chi connectivity index (χ3n) is 4.10. The van der Waals surface area contributed by atoms with Crippen molar-refractivity contribution in [1.82, 2.24) is 20.8 Å². The fourth-order valence-corrected chi connectivity index (χ4v) is 2.68. The molecule has 0 saturated carbocycles. The Hall–Kier alpha value is -3.82. The van der Waals surface area contributed by atoms with E-state index in [0.717, 1.165) is 0 Å². The van der Waals surface area contributed by atoms with Gasteiger partial charge in [-0.25, -0.2) is 19.0 Å². The summed E-state index contributed by atoms with van der Waals surface area (Å²) in [6.07, 6.45) is 0.711. The Kier molecular flexibility index (Phi) is 6.35. The van der Waals surface area contributed by atoms with Gasteiger partial charge in [-0.3, -0.25) is 10.1 Å². The van der Waals surface area contributed by atoms with Crippen LogP contribution in [0.1, 0.15) is 29.4 Å². The lowest BCUT2D eigenvalue weighted by Crippen LogP contribution is -2.41. The van der Waals surface area contributed by atoms with E-state index >= 15 is 0 Å². The minimum atomic E-state index is -0.818. The van der Waals surface area contributed by atoms with Gasteiger partial charge in [-0.15, -0.1) is 0 Å². The molecule has 3 aromatic rings. The number of aryl methyl sites for hydroxylation is 1. The summed E-state index contributed by atoms with van der Waals surface area (Å²) >= 11 is 0. The molecule has 10 heteroatoms. The predicted molar refractivity (Wildman–Crippen MR) is 104 cm³/mol. The summed E-state index contributed by atoms with van der Waals surface area (Å²) in [5.74, 6) is -2.01. The summed E-state index contributed by atoms with van der Waals surface area (Å²) in [7, 11) is 0. The molecular weight excluding hydrogens is 395 g/mol. The Balaban J connectivity index is 1.80. The van der Waals surface area contributed by atoms with Crippen LogP contribution in [0.25, 0.3) is 22.4 Å². The van der Waals surface area contributed by atoms with Crippen LogP contribution in [-0.2, 0) is 9.53 Å². The van der Waals surface area contributed by atoms with Crippen LogP contribution in [0.2, 0.25) is 0 Å². The third kappa shape index (κ3) is 4.77. The zero-order chi connectivity index (χ0) is 21.7. The molecule has 3 amide bonds. The normalized spacial score (nSPS) is 10.6. The lowest BCUT2D eigenvalue weighted by atomic mass is 10.1. The van der Waals surface area contributed by atoms with Crippen molar-refractivity contribution >= 4 is 29.0 Å². The number of carbonyl (C=O) groups excluding carboxylic acids is 3. The Bertz CT molecular complexity index is 1090. The lowest BCUT2D eigenvalue weighted by Gasteiger charge is -2.08. The van der Waals surface area contributed by atoms with Crippen LogP contribution in [0.15, 0.2) is 34.9 Å². The molecule has 2 aromatic heterocycles. The van der Waals surface area contributed by atoms with Gasteiger partial charge in [0.05, 0.1) is 22.3 Å². The number of esters is 1. The number of rotatable bonds is 6. The highest BCUT2D eigenvalue weighted by Gasteiger charge is 2.21. The summed E-state index contributed by atoms with van der Waals surface area (Å²) in [6, 6.07) is 6.32. The zero-order valence-electron chi connectivity index (χ0n) is 16.3. The molecule has 0 aliphatic carbocycles. The molecule has 0 unspecified atom stereocenters. The summed E-state index contributed by atoms with van der Waals surface area (Å²) in [6.45, 7) is 3.25. The molecule has 0 spiro atoms. The molecule has 0 aliphatic rings. The number of nitrogens with one attached hydrogen (secondary N) is 2. The summed E-state index contributed by atoms with van der Waals surface area (Å²) in [5, 5.41) is 8.69. The molecule has 1 aromatic carbocycles. The van der Waals surface area contributed by atoms with E-state index in [0.29, 0.717) is 35.3 Å². The fourth-order valence-electron chi connectivity index (χ4n) is 2.68. The van der Waals surface area contributed by atoms with Crippen molar-refractivity contribution < 1.29 is 28.0 Å². The van der Waals surface area contributed by atoms with Crippen molar-refractivity contribution in [3.8, 4) is 11.3 Å². The van der Waals surface area contributed by atoms with Gasteiger partial charge < -0.3 is 14.6 Å². The summed E-state index contributed by atoms with van der Waals surface area (Å²) in [4.78, 5) is 40.3. The second-order valence-electron chi connectivity index (χ2n) is 6.39. The number of urea groups is 1. The van der Waals surface area contributed by atoms with Gasteiger partial charge in [0.25, 0.3) is 11.6 Å². The van der Waals surface area contributed by atoms with Crippen LogP contribution in [0.5, 0.6) is 0 Å². The maximum absolute atomic E-state index is 13.2. The molecule has 2 N–H and O–H groups in total. The Morgan fingerprint density at radius 1 is 1.20 bits per heavy atom. The zero-order valence-corrected chi connectivity index (χ0v) is 16.3. The maximum Gasteiger partial charge on any atom is 0.339 e. The number of pyridine rings is 1. The van der Waals surface area contributed by atoms with Crippen LogP contribution < -0.4 is 10.6 Å². The second kappa shape index (κ2) is 9.12. The topological polar surface area (TPSA) is 123 Å². The number of halogens is 1. The minimum Gasteiger partial charge on any atom is -0.452 e. The van der Waals surface area contributed by atoms with Gasteiger partial charge in [-0.05, 0) is 43.7 Å². The first kappa shape index (κ1) is 20.9. The maximum atomic E-state index is 13.2. The number of nitrogens with zero attached hydrogens (tertiary/aromatic N) is 2. The first-order valence-electron chi connectivity index (χ1n) is 9.16. The van der Waals surface area contributed by atoms with Crippen molar-refractivity contribution in [2.45, 2.75) is 20.3 Å². The Morgan fingerprint density at radius 2 is 1.93 bits per heavy atom. The predicted octanol–water partition coefficient (Wildman–Crippen LogP) is 2.73. The molecule has 0 aliphatic heterocycles. The number of benzene rings is 1. The number of aromatic nitrogens is 2. The number of hydrogen-bond donors (Lipinski definition) is 2. The molecule has 9 nitrogen and oxygen atoms in total. The molecule has 0 saturated heterocycles. The molecule has 3 rings (SSSR count). The molecule has 0 fully saturated rings. The molecule has 0 radical (unpaired) electrons. The smallest absolute Gasteiger partial charge is 0.339 e. The van der Waals surface area contributed by atoms with E-state index in [-0.39, 0.29) is 11.3 Å². The molecule has 2 heterocycles. The number of ether oxygens (including phenoxy) is 1. The van der Waals surface area contributed by atoms with Crippen molar-refractivity contribution in [3.05, 3.63) is 47.4 Å². The van der Waals surface area contributed by atoms with Gasteiger partial charge in [0.1, 0.15) is 5.82 Å². The van der Waals surface area contributed by atoms with E-state index in [1.54, 1.807) is 6.92 Å². The first-order valence-corrected chi connectivity index (χ1v) is 9.16. The number of amides is 3. The van der Waals surface area contributed by atoms with E-state index in [2.05, 4.69) is 20.8 Å². The molecule has 0 bridgehead atoms. The number of fused-ring (bicyclic) bond motifs is 1. The van der Waals surface area contributed by atoms with Crippen molar-refractivity contribution in [3.63, 3.8) is 0 Å². The quantitative estimate of drug-likeness (QED) is 0.595. The minimum absolute atomic E-state index is 0.0845. The highest BCUT2D eigenvalue weighted by molar-refractivity contribution is 6.05. The van der Waals surface area contributed by atoms with Crippen LogP contribution in [0, 0.1) is 12.7 Å². The summed E-state index contributed by atoms with van der Waals surface area (Å²) < 4.78 is 23.4. The molecule has 0 atom stereocenters. The van der Waals surface area contributed by atoms with Crippen molar-refractivity contribution in [2.24, 2.45) is 0 Å². The van der Waals surface area contributed by atoms with Gasteiger partial charge >= 0.3 is 12.0 Å². The van der Waals surface area contributed by atoms with Gasteiger partial charge in [-0.1, -0.05) is 12.1 Å². The molecule has 156 valence electrons. The van der Waals surface area contributed by atoms with Crippen LogP contribution in [0.3, 0.4) is 0 Å². The first-order chi connectivity index (χ1) is 14.4. The van der Waals surface area contributed by atoms with Crippen molar-refractivity contribution in [2.75, 3.05) is 13.2 Å². The third-order valence-corrected chi connectivity index (χ3v) is 4.10. The average molecular weight is 414 g/mol. The monoisotopic (exact) mass is 414 g/mol. The highest BCUT2D eigenvalue weighted by Crippen LogP contribution is 2.27. The number of carbonyl (C=O) groups is 3. The average Bonchev–Trinajstić information content (AvgIpc) is 3.11. The molecule has 30 heavy (non-hydrogen) atoms. The standard InChI is InChI=1S/C20H19FN4O5/c1-3-8-22-20(28)24-16(26)10-29-19(27)14-9-15(12-4-6-13(21)7-5-12)23-18-17(14)11(2)25-30-18/h4-7,9H,3,8,10H2,1-2H3,(H2,22,24,26,28). The van der Waals surface area contributed by atoms with Gasteiger partial charge in [0.15, 0.2) is 6.61 Å². The van der Waals surface area contributed by atoms with E-state index in [4.69, 9.17) is 9.26 Å². The van der Waals surface area contributed by atoms with Gasteiger partial charge in [0, 0.05) is 12.1 Å². The van der Waals surface area contributed by atoms with Crippen molar-refractivity contribution in [1.29, 1.82) is 0 Å². The van der Waals surface area contributed by atoms with Gasteiger partial charge in [-0.2, -0.15) is 0 Å². The lowest BCUT2D eigenvalue weighted by molar-refractivity contribution is -0.123. The molecular formula is C20H19FN4O5. The summed E-state index contributed by atoms with van der Waals surface area (Å²) in [5.41, 5.74) is 1.49. The van der Waals surface area contributed by atoms with Crippen LogP contribution in [-0.4, -0.2) is 41.2 Å². The van der Waals surface area contributed by atoms with Crippen LogP contribution in [0.4, 0.5) is 9.18 Å². The second-order valence-corrected chi connectivity index (χ2v) is 6.39. The van der Waals surface area contributed by atoms with Gasteiger partial charge in [0.2, 0.25) is 0 Å².